The molecule has 0 unspecified atom stereocenters. The van der Waals surface area contributed by atoms with Gasteiger partial charge in [0.25, 0.3) is 0 Å². The van der Waals surface area contributed by atoms with Crippen LogP contribution in [0.3, 0.4) is 0 Å². The molecule has 5 nitrogen and oxygen atoms in total. The van der Waals surface area contributed by atoms with Crippen molar-refractivity contribution in [3.05, 3.63) is 0 Å². The van der Waals surface area contributed by atoms with E-state index in [2.05, 4.69) is 13.8 Å². The van der Waals surface area contributed by atoms with Gasteiger partial charge < -0.3 is 14.2 Å². The van der Waals surface area contributed by atoms with E-state index in [-0.39, 0.29) is 30.8 Å². The van der Waals surface area contributed by atoms with Gasteiger partial charge in [0.2, 0.25) is 0 Å². The van der Waals surface area contributed by atoms with Gasteiger partial charge in [0.15, 0.2) is 0 Å². The molecule has 0 heterocycles. The molecule has 0 N–H and O–H groups in total. The second kappa shape index (κ2) is 20.2. The fourth-order valence-corrected chi connectivity index (χ4v) is 3.05. The van der Waals surface area contributed by atoms with Crippen molar-refractivity contribution in [3.63, 3.8) is 0 Å². The Morgan fingerprint density at radius 3 is 1.66 bits per heavy atom. The summed E-state index contributed by atoms with van der Waals surface area (Å²) in [4.78, 5) is 23.6. The molecule has 2 atom stereocenters. The predicted octanol–water partition coefficient (Wildman–Crippen LogP) is 6.37. The lowest BCUT2D eigenvalue weighted by Crippen LogP contribution is -2.26. The number of carbonyl (C=O) groups excluding carboxylic acids is 2. The molecule has 0 radical (unpaired) electrons. The van der Waals surface area contributed by atoms with Crippen LogP contribution in [0, 0.1) is 0 Å². The maximum Gasteiger partial charge on any atom is 0.306 e. The highest BCUT2D eigenvalue weighted by Gasteiger charge is 2.13. The van der Waals surface area contributed by atoms with Gasteiger partial charge in [0.1, 0.15) is 12.7 Å². The molecule has 0 saturated carbocycles. The fourth-order valence-electron chi connectivity index (χ4n) is 3.05. The van der Waals surface area contributed by atoms with Gasteiger partial charge in [-0.1, -0.05) is 78.1 Å². The van der Waals surface area contributed by atoms with E-state index >= 15 is 0 Å². The molecule has 0 bridgehead atoms. The molecule has 0 spiro atoms. The maximum absolute atomic E-state index is 11.8. The highest BCUT2D eigenvalue weighted by atomic mass is 16.6. The smallest absolute Gasteiger partial charge is 0.306 e. The Labute approximate surface area is 179 Å². The molecule has 5 heteroatoms. The van der Waals surface area contributed by atoms with Gasteiger partial charge in [0.05, 0.1) is 12.7 Å². The number of esters is 2. The zero-order valence-electron chi connectivity index (χ0n) is 19.5. The Kier molecular flexibility index (Phi) is 19.4. The average Bonchev–Trinajstić information content (AvgIpc) is 2.70. The van der Waals surface area contributed by atoms with E-state index in [1.54, 1.807) is 0 Å². The monoisotopic (exact) mass is 414 g/mol. The zero-order valence-corrected chi connectivity index (χ0v) is 19.5. The van der Waals surface area contributed by atoms with Gasteiger partial charge >= 0.3 is 11.9 Å². The molecule has 0 saturated heterocycles. The molecule has 0 aromatic rings. The molecule has 172 valence electrons. The van der Waals surface area contributed by atoms with Crippen LogP contribution in [0.1, 0.15) is 118 Å². The Hall–Kier alpha value is -1.10. The first kappa shape index (κ1) is 27.9. The number of hydrogen-bond donors (Lipinski definition) is 0. The van der Waals surface area contributed by atoms with Crippen LogP contribution in [0.2, 0.25) is 0 Å². The lowest BCUT2D eigenvalue weighted by atomic mass is 10.1. The molecule has 0 aliphatic carbocycles. The zero-order chi connectivity index (χ0) is 21.7. The maximum atomic E-state index is 11.8. The van der Waals surface area contributed by atoms with Gasteiger partial charge in [-0.15, -0.1) is 0 Å². The third kappa shape index (κ3) is 20.0. The minimum Gasteiger partial charge on any atom is -0.463 e. The third-order valence-electron chi connectivity index (χ3n) is 4.90. The van der Waals surface area contributed by atoms with E-state index in [4.69, 9.17) is 14.2 Å². The summed E-state index contributed by atoms with van der Waals surface area (Å²) in [5, 5.41) is 0. The summed E-state index contributed by atoms with van der Waals surface area (Å²) in [7, 11) is 0. The quantitative estimate of drug-likeness (QED) is 0.171. The van der Waals surface area contributed by atoms with E-state index in [1.165, 1.54) is 51.4 Å². The Balaban J connectivity index is 3.63. The Morgan fingerprint density at radius 2 is 1.10 bits per heavy atom. The summed E-state index contributed by atoms with van der Waals surface area (Å²) in [6, 6.07) is 0. The highest BCUT2D eigenvalue weighted by molar-refractivity contribution is 5.69. The van der Waals surface area contributed by atoms with Crippen molar-refractivity contribution in [3.8, 4) is 0 Å². The first-order chi connectivity index (χ1) is 14.0. The lowest BCUT2D eigenvalue weighted by molar-refractivity contribution is -0.154. The summed E-state index contributed by atoms with van der Waals surface area (Å²) >= 11 is 0. The standard InChI is InChI=1S/C24H46O5/c1-5-7-9-11-13-15-17-23(25)28-19-21(3)27-20-22(4)29-24(26)18-16-14-12-10-8-6-2/h21-22H,5-20H2,1-4H3/t21-,22+/m1/s1. The van der Waals surface area contributed by atoms with E-state index < -0.39 is 0 Å². The van der Waals surface area contributed by atoms with E-state index in [0.29, 0.717) is 19.4 Å². The molecule has 0 aromatic heterocycles. The molecular weight excluding hydrogens is 368 g/mol. The van der Waals surface area contributed by atoms with E-state index in [9.17, 15) is 9.59 Å². The van der Waals surface area contributed by atoms with Crippen LogP contribution in [0.15, 0.2) is 0 Å². The minimum absolute atomic E-state index is 0.158. The van der Waals surface area contributed by atoms with Crippen molar-refractivity contribution in [2.75, 3.05) is 13.2 Å². The number of ether oxygens (including phenoxy) is 3. The Bertz CT molecular complexity index is 397. The molecular formula is C24H46O5. The number of hydrogen-bond acceptors (Lipinski definition) is 5. The van der Waals surface area contributed by atoms with Crippen molar-refractivity contribution >= 4 is 11.9 Å². The number of carbonyl (C=O) groups is 2. The second-order valence-electron chi connectivity index (χ2n) is 8.16. The number of rotatable bonds is 20. The van der Waals surface area contributed by atoms with E-state index in [1.807, 2.05) is 13.8 Å². The van der Waals surface area contributed by atoms with Gasteiger partial charge in [0, 0.05) is 12.8 Å². The Morgan fingerprint density at radius 1 is 0.621 bits per heavy atom. The molecule has 0 fully saturated rings. The van der Waals surface area contributed by atoms with Gasteiger partial charge in [-0.25, -0.2) is 0 Å². The van der Waals surface area contributed by atoms with Crippen LogP contribution < -0.4 is 0 Å². The largest absolute Gasteiger partial charge is 0.463 e. The SMILES string of the molecule is CCCCCCCCC(=O)OC[C@@H](C)OC[C@H](C)OC(=O)CCCCCCCC. The molecule has 29 heavy (non-hydrogen) atoms. The van der Waals surface area contributed by atoms with Crippen molar-refractivity contribution < 1.29 is 23.8 Å². The van der Waals surface area contributed by atoms with Crippen LogP contribution in [0.5, 0.6) is 0 Å². The molecule has 0 aromatic carbocycles. The summed E-state index contributed by atoms with van der Waals surface area (Å²) in [5.41, 5.74) is 0. The minimum atomic E-state index is -0.288. The van der Waals surface area contributed by atoms with Crippen LogP contribution in [-0.4, -0.2) is 37.4 Å². The summed E-state index contributed by atoms with van der Waals surface area (Å²) < 4.78 is 16.3. The lowest BCUT2D eigenvalue weighted by Gasteiger charge is -2.18. The fraction of sp³-hybridized carbons (Fsp3) is 0.917. The first-order valence-corrected chi connectivity index (χ1v) is 12.0. The highest BCUT2D eigenvalue weighted by Crippen LogP contribution is 2.09. The summed E-state index contributed by atoms with van der Waals surface area (Å²) in [6.07, 6.45) is 14.3. The van der Waals surface area contributed by atoms with Crippen LogP contribution in [-0.2, 0) is 23.8 Å². The van der Waals surface area contributed by atoms with Crippen molar-refractivity contribution in [1.82, 2.24) is 0 Å². The topological polar surface area (TPSA) is 61.8 Å². The van der Waals surface area contributed by atoms with Crippen molar-refractivity contribution in [1.29, 1.82) is 0 Å². The third-order valence-corrected chi connectivity index (χ3v) is 4.90. The second-order valence-corrected chi connectivity index (χ2v) is 8.16. The van der Waals surface area contributed by atoms with Crippen molar-refractivity contribution in [2.45, 2.75) is 130 Å². The summed E-state index contributed by atoms with van der Waals surface area (Å²) in [6.45, 7) is 8.65. The van der Waals surface area contributed by atoms with Gasteiger partial charge in [-0.2, -0.15) is 0 Å². The number of unbranched alkanes of at least 4 members (excludes halogenated alkanes) is 10. The van der Waals surface area contributed by atoms with E-state index in [0.717, 1.165) is 25.7 Å². The van der Waals surface area contributed by atoms with Crippen molar-refractivity contribution in [2.24, 2.45) is 0 Å². The molecule has 0 aliphatic heterocycles. The molecule has 0 rings (SSSR count). The van der Waals surface area contributed by atoms with Gasteiger partial charge in [-0.05, 0) is 26.7 Å². The molecule has 0 aliphatic rings. The average molecular weight is 415 g/mol. The predicted molar refractivity (Wildman–Crippen MR) is 118 cm³/mol. The van der Waals surface area contributed by atoms with Crippen LogP contribution in [0.4, 0.5) is 0 Å². The van der Waals surface area contributed by atoms with Crippen LogP contribution >= 0.6 is 0 Å². The molecule has 0 amide bonds. The summed E-state index contributed by atoms with van der Waals surface area (Å²) in [5.74, 6) is -0.316. The van der Waals surface area contributed by atoms with Crippen LogP contribution in [0.25, 0.3) is 0 Å². The van der Waals surface area contributed by atoms with Gasteiger partial charge in [-0.3, -0.25) is 9.59 Å². The normalized spacial score (nSPS) is 13.1. The first-order valence-electron chi connectivity index (χ1n) is 12.0.